The van der Waals surface area contributed by atoms with Gasteiger partial charge in [-0.1, -0.05) is 23.7 Å². The molecule has 2 N–H and O–H groups in total. The van der Waals surface area contributed by atoms with Gasteiger partial charge >= 0.3 is 0 Å². The van der Waals surface area contributed by atoms with E-state index in [9.17, 15) is 4.39 Å². The highest BCUT2D eigenvalue weighted by Gasteiger charge is 2.39. The van der Waals surface area contributed by atoms with E-state index in [4.69, 9.17) is 11.6 Å². The fraction of sp³-hybridized carbons (Fsp3) is 0.286. The molecular weight excluding hydrogens is 279 g/mol. The Hall–Kier alpha value is -1.88. The van der Waals surface area contributed by atoms with Gasteiger partial charge in [0.05, 0.1) is 0 Å². The van der Waals surface area contributed by atoms with Crippen LogP contribution in [0, 0.1) is 5.82 Å². The molecule has 104 valence electrons. The molecular formula is C14H14ClFN4. The van der Waals surface area contributed by atoms with E-state index in [1.807, 2.05) is 6.07 Å². The zero-order valence-corrected chi connectivity index (χ0v) is 11.7. The molecule has 1 aromatic carbocycles. The van der Waals surface area contributed by atoms with Gasteiger partial charge in [0.2, 0.25) is 0 Å². The number of hydrogen-bond acceptors (Lipinski definition) is 4. The van der Waals surface area contributed by atoms with Crippen molar-refractivity contribution in [3.63, 3.8) is 0 Å². The largest absolute Gasteiger partial charge is 0.383 e. The molecule has 3 rings (SSSR count). The van der Waals surface area contributed by atoms with Gasteiger partial charge in [-0.25, -0.2) is 14.4 Å². The van der Waals surface area contributed by atoms with E-state index >= 15 is 0 Å². The first kappa shape index (κ1) is 13.1. The third kappa shape index (κ3) is 2.54. The number of nitrogens with zero attached hydrogens (tertiary/aromatic N) is 2. The first-order valence-electron chi connectivity index (χ1n) is 6.39. The van der Waals surface area contributed by atoms with Crippen LogP contribution in [0.4, 0.5) is 15.9 Å². The monoisotopic (exact) mass is 292 g/mol. The smallest absolute Gasteiger partial charge is 0.157 e. The van der Waals surface area contributed by atoms with Gasteiger partial charge in [0.1, 0.15) is 17.8 Å². The lowest BCUT2D eigenvalue weighted by Crippen LogP contribution is -2.09. The summed E-state index contributed by atoms with van der Waals surface area (Å²) < 4.78 is 13.2. The molecule has 0 unspecified atom stereocenters. The Bertz CT molecular complexity index is 634. The molecule has 1 aliphatic carbocycles. The lowest BCUT2D eigenvalue weighted by Gasteiger charge is -2.11. The van der Waals surface area contributed by atoms with Crippen molar-refractivity contribution in [2.45, 2.75) is 18.4 Å². The fourth-order valence-electron chi connectivity index (χ4n) is 2.33. The third-order valence-corrected chi connectivity index (χ3v) is 3.73. The van der Waals surface area contributed by atoms with Crippen LogP contribution in [-0.4, -0.2) is 23.1 Å². The average Bonchev–Trinajstić information content (AvgIpc) is 3.18. The lowest BCUT2D eigenvalue weighted by molar-refractivity contribution is 0.625. The SMILES string of the molecule is CNc1c(Cl)ncnc1N[C@@H]1C[C@H]1c1cccc(F)c1. The van der Waals surface area contributed by atoms with E-state index in [-0.39, 0.29) is 11.9 Å². The number of aromatic nitrogens is 2. The number of nitrogens with one attached hydrogen (secondary N) is 2. The van der Waals surface area contributed by atoms with Crippen molar-refractivity contribution in [1.82, 2.24) is 9.97 Å². The van der Waals surface area contributed by atoms with Gasteiger partial charge < -0.3 is 10.6 Å². The Morgan fingerprint density at radius 1 is 1.35 bits per heavy atom. The lowest BCUT2D eigenvalue weighted by atomic mass is 10.1. The van der Waals surface area contributed by atoms with Crippen LogP contribution in [0.2, 0.25) is 5.15 Å². The van der Waals surface area contributed by atoms with Gasteiger partial charge in [-0.3, -0.25) is 0 Å². The van der Waals surface area contributed by atoms with Gasteiger partial charge in [0, 0.05) is 19.0 Å². The van der Waals surface area contributed by atoms with Crippen LogP contribution in [0.5, 0.6) is 0 Å². The van der Waals surface area contributed by atoms with Crippen molar-refractivity contribution < 1.29 is 4.39 Å². The van der Waals surface area contributed by atoms with Crippen molar-refractivity contribution >= 4 is 23.1 Å². The van der Waals surface area contributed by atoms with Gasteiger partial charge in [-0.15, -0.1) is 0 Å². The number of benzene rings is 1. The Morgan fingerprint density at radius 3 is 2.95 bits per heavy atom. The number of anilines is 2. The molecule has 6 heteroatoms. The molecule has 1 aromatic heterocycles. The summed E-state index contributed by atoms with van der Waals surface area (Å²) in [5, 5.41) is 6.69. The van der Waals surface area contributed by atoms with Crippen LogP contribution in [0.25, 0.3) is 0 Å². The van der Waals surface area contributed by atoms with Crippen LogP contribution < -0.4 is 10.6 Å². The molecule has 0 amide bonds. The quantitative estimate of drug-likeness (QED) is 0.849. The van der Waals surface area contributed by atoms with Crippen LogP contribution in [0.3, 0.4) is 0 Å². The van der Waals surface area contributed by atoms with E-state index < -0.39 is 0 Å². The molecule has 4 nitrogen and oxygen atoms in total. The molecule has 0 aliphatic heterocycles. The highest BCUT2D eigenvalue weighted by molar-refractivity contribution is 6.32. The van der Waals surface area contributed by atoms with Crippen LogP contribution >= 0.6 is 11.6 Å². The normalized spacial score (nSPS) is 20.6. The molecule has 1 saturated carbocycles. The van der Waals surface area contributed by atoms with Crippen LogP contribution in [0.1, 0.15) is 17.9 Å². The van der Waals surface area contributed by atoms with Crippen LogP contribution in [-0.2, 0) is 0 Å². The average molecular weight is 293 g/mol. The summed E-state index contributed by atoms with van der Waals surface area (Å²) in [7, 11) is 1.77. The summed E-state index contributed by atoms with van der Waals surface area (Å²) in [6, 6.07) is 6.97. The summed E-state index contributed by atoms with van der Waals surface area (Å²) in [5.41, 5.74) is 1.69. The number of hydrogen-bond donors (Lipinski definition) is 2. The van der Waals surface area contributed by atoms with Gasteiger partial charge in [-0.05, 0) is 24.1 Å². The Kier molecular flexibility index (Phi) is 3.44. The second-order valence-electron chi connectivity index (χ2n) is 4.79. The maximum absolute atomic E-state index is 13.2. The van der Waals surface area contributed by atoms with Crippen molar-refractivity contribution in [2.75, 3.05) is 17.7 Å². The van der Waals surface area contributed by atoms with E-state index in [1.54, 1.807) is 19.2 Å². The molecule has 1 aliphatic rings. The first-order valence-corrected chi connectivity index (χ1v) is 6.77. The highest BCUT2D eigenvalue weighted by atomic mass is 35.5. The van der Waals surface area contributed by atoms with Crippen molar-refractivity contribution in [1.29, 1.82) is 0 Å². The minimum atomic E-state index is -0.200. The van der Waals surface area contributed by atoms with E-state index in [0.29, 0.717) is 22.6 Å². The summed E-state index contributed by atoms with van der Waals surface area (Å²) in [6.45, 7) is 0. The van der Waals surface area contributed by atoms with Gasteiger partial charge in [0.25, 0.3) is 0 Å². The van der Waals surface area contributed by atoms with E-state index in [2.05, 4.69) is 20.6 Å². The van der Waals surface area contributed by atoms with Crippen LogP contribution in [0.15, 0.2) is 30.6 Å². The zero-order valence-electron chi connectivity index (χ0n) is 10.9. The van der Waals surface area contributed by atoms with Crippen molar-refractivity contribution in [3.05, 3.63) is 47.1 Å². The van der Waals surface area contributed by atoms with E-state index in [0.717, 1.165) is 12.0 Å². The highest BCUT2D eigenvalue weighted by Crippen LogP contribution is 2.43. The minimum Gasteiger partial charge on any atom is -0.383 e. The van der Waals surface area contributed by atoms with Crippen molar-refractivity contribution in [2.24, 2.45) is 0 Å². The molecule has 0 spiro atoms. The summed E-state index contributed by atoms with van der Waals surface area (Å²) >= 11 is 6.00. The van der Waals surface area contributed by atoms with E-state index in [1.165, 1.54) is 12.4 Å². The Balaban J connectivity index is 1.74. The molecule has 1 heterocycles. The fourth-order valence-corrected chi connectivity index (χ4v) is 2.56. The first-order chi connectivity index (χ1) is 9.69. The van der Waals surface area contributed by atoms with Gasteiger partial charge in [0.15, 0.2) is 11.0 Å². The second kappa shape index (κ2) is 5.25. The predicted octanol–water partition coefficient (Wildman–Crippen LogP) is 3.28. The van der Waals surface area contributed by atoms with Crippen molar-refractivity contribution in [3.8, 4) is 0 Å². The Morgan fingerprint density at radius 2 is 2.20 bits per heavy atom. The number of halogens is 2. The standard InChI is InChI=1S/C14H14ClFN4/c1-17-12-13(15)18-7-19-14(12)20-11-6-10(11)8-3-2-4-9(16)5-8/h2-5,7,10-11,17H,6H2,1H3,(H,18,19,20)/t10-,11+/m0/s1. The third-order valence-electron chi connectivity index (χ3n) is 3.44. The summed E-state index contributed by atoms with van der Waals surface area (Å²) in [4.78, 5) is 8.12. The molecule has 20 heavy (non-hydrogen) atoms. The zero-order chi connectivity index (χ0) is 14.1. The second-order valence-corrected chi connectivity index (χ2v) is 5.14. The Labute approximate surface area is 121 Å². The number of rotatable bonds is 4. The minimum absolute atomic E-state index is 0.200. The molecule has 0 bridgehead atoms. The molecule has 0 radical (unpaired) electrons. The molecule has 1 fully saturated rings. The summed E-state index contributed by atoms with van der Waals surface area (Å²) in [5.74, 6) is 0.787. The summed E-state index contributed by atoms with van der Waals surface area (Å²) in [6.07, 6.45) is 2.37. The molecule has 2 aromatic rings. The maximum atomic E-state index is 13.2. The predicted molar refractivity (Wildman–Crippen MR) is 77.8 cm³/mol. The molecule has 0 saturated heterocycles. The topological polar surface area (TPSA) is 49.8 Å². The molecule has 2 atom stereocenters. The maximum Gasteiger partial charge on any atom is 0.157 e. The van der Waals surface area contributed by atoms with Gasteiger partial charge in [-0.2, -0.15) is 0 Å².